The number of nitrogens with one attached hydrogen (secondary N) is 1. The van der Waals surface area contributed by atoms with Gasteiger partial charge in [0.05, 0.1) is 17.3 Å². The lowest BCUT2D eigenvalue weighted by Gasteiger charge is -2.13. The number of nitriles is 1. The zero-order valence-electron chi connectivity index (χ0n) is 15.9. The predicted molar refractivity (Wildman–Crippen MR) is 112 cm³/mol. The van der Waals surface area contributed by atoms with Gasteiger partial charge in [0.2, 0.25) is 0 Å². The van der Waals surface area contributed by atoms with Crippen molar-refractivity contribution >= 4 is 23.6 Å². The van der Waals surface area contributed by atoms with Gasteiger partial charge in [-0.3, -0.25) is 15.0 Å². The number of rotatable bonds is 5. The van der Waals surface area contributed by atoms with Crippen LogP contribution >= 0.6 is 0 Å². The first kappa shape index (κ1) is 19.0. The first-order chi connectivity index (χ1) is 14.7. The van der Waals surface area contributed by atoms with Crippen LogP contribution in [-0.2, 0) is 16.2 Å². The lowest BCUT2D eigenvalue weighted by Crippen LogP contribution is -2.35. The first-order valence-corrected chi connectivity index (χ1v) is 9.29. The van der Waals surface area contributed by atoms with E-state index in [1.165, 1.54) is 5.01 Å². The maximum absolute atomic E-state index is 12.6. The minimum absolute atomic E-state index is 0.0652. The van der Waals surface area contributed by atoms with Gasteiger partial charge in [-0.15, -0.1) is 0 Å². The second-order valence-electron chi connectivity index (χ2n) is 6.60. The fourth-order valence-corrected chi connectivity index (χ4v) is 3.06. The number of amides is 2. The van der Waals surface area contributed by atoms with Gasteiger partial charge in [0.1, 0.15) is 17.9 Å². The van der Waals surface area contributed by atoms with Crippen molar-refractivity contribution in [2.45, 2.75) is 6.61 Å². The van der Waals surface area contributed by atoms with Crippen LogP contribution in [0.5, 0.6) is 5.75 Å². The number of hydrogen-bond donors (Lipinski definition) is 1. The number of hydrazine groups is 1. The van der Waals surface area contributed by atoms with Crippen molar-refractivity contribution in [3.63, 3.8) is 0 Å². The lowest BCUT2D eigenvalue weighted by atomic mass is 10.1. The van der Waals surface area contributed by atoms with E-state index in [2.05, 4.69) is 11.5 Å². The Balaban J connectivity index is 1.46. The monoisotopic (exact) mass is 395 g/mol. The highest BCUT2D eigenvalue weighted by molar-refractivity contribution is 6.31. The molecule has 1 aliphatic heterocycles. The Kier molecular flexibility index (Phi) is 5.27. The molecule has 1 N–H and O–H groups in total. The summed E-state index contributed by atoms with van der Waals surface area (Å²) in [6.07, 6.45) is 1.55. The Morgan fingerprint density at radius 3 is 2.37 bits per heavy atom. The van der Waals surface area contributed by atoms with Gasteiger partial charge in [-0.2, -0.15) is 5.26 Å². The van der Waals surface area contributed by atoms with Crippen LogP contribution in [0.4, 0.5) is 5.69 Å². The van der Waals surface area contributed by atoms with E-state index in [0.717, 1.165) is 5.56 Å². The Labute approximate surface area is 173 Å². The molecule has 1 heterocycles. The van der Waals surface area contributed by atoms with Crippen molar-refractivity contribution in [3.05, 3.63) is 101 Å². The molecular formula is C24H17N3O3. The summed E-state index contributed by atoms with van der Waals surface area (Å²) in [5, 5.41) is 10.4. The van der Waals surface area contributed by atoms with Crippen molar-refractivity contribution < 1.29 is 14.3 Å². The average Bonchev–Trinajstić information content (AvgIpc) is 3.07. The van der Waals surface area contributed by atoms with Crippen LogP contribution in [0.15, 0.2) is 84.4 Å². The molecule has 6 heteroatoms. The highest BCUT2D eigenvalue weighted by Gasteiger charge is 2.34. The topological polar surface area (TPSA) is 82.4 Å². The number of para-hydroxylation sites is 1. The number of carbonyl (C=O) groups excluding carboxylic acids is 2. The summed E-state index contributed by atoms with van der Waals surface area (Å²) < 4.78 is 5.75. The first-order valence-electron chi connectivity index (χ1n) is 9.29. The number of benzene rings is 3. The minimum atomic E-state index is -0.447. The van der Waals surface area contributed by atoms with Gasteiger partial charge in [-0.05, 0) is 42.0 Å². The molecule has 0 unspecified atom stereocenters. The van der Waals surface area contributed by atoms with Gasteiger partial charge in [-0.25, -0.2) is 5.01 Å². The van der Waals surface area contributed by atoms with Gasteiger partial charge >= 0.3 is 0 Å². The van der Waals surface area contributed by atoms with E-state index in [1.807, 2.05) is 24.3 Å². The number of nitrogens with zero attached hydrogens (tertiary/aromatic N) is 2. The van der Waals surface area contributed by atoms with Crippen molar-refractivity contribution in [2.24, 2.45) is 0 Å². The molecule has 3 aromatic carbocycles. The molecule has 3 aromatic rings. The number of anilines is 1. The van der Waals surface area contributed by atoms with E-state index in [1.54, 1.807) is 60.7 Å². The van der Waals surface area contributed by atoms with Crippen molar-refractivity contribution in [1.29, 1.82) is 5.26 Å². The molecule has 0 aliphatic carbocycles. The fraction of sp³-hybridized carbons (Fsp3) is 0.0417. The van der Waals surface area contributed by atoms with Gasteiger partial charge < -0.3 is 4.74 Å². The number of hydrogen-bond acceptors (Lipinski definition) is 4. The molecule has 1 aliphatic rings. The van der Waals surface area contributed by atoms with Crippen LogP contribution in [0, 0.1) is 11.3 Å². The molecule has 4 rings (SSSR count). The zero-order chi connectivity index (χ0) is 20.9. The molecule has 1 saturated heterocycles. The van der Waals surface area contributed by atoms with Gasteiger partial charge in [0.25, 0.3) is 11.8 Å². The number of ether oxygens (including phenoxy) is 1. The normalized spacial score (nSPS) is 14.5. The molecule has 0 spiro atoms. The maximum atomic E-state index is 12.6. The zero-order valence-corrected chi connectivity index (χ0v) is 15.9. The molecule has 0 radical (unpaired) electrons. The van der Waals surface area contributed by atoms with E-state index < -0.39 is 11.8 Å². The molecule has 0 atom stereocenters. The SMILES string of the molecule is N#Cc1ccccc1COc1ccc(C=C2C(=O)NN(c3ccccc3)C2=O)cc1. The van der Waals surface area contributed by atoms with Crippen LogP contribution in [-0.4, -0.2) is 11.8 Å². The number of carbonyl (C=O) groups is 2. The molecule has 146 valence electrons. The third-order valence-corrected chi connectivity index (χ3v) is 4.63. The lowest BCUT2D eigenvalue weighted by molar-refractivity contribution is -0.117. The maximum Gasteiger partial charge on any atom is 0.282 e. The third-order valence-electron chi connectivity index (χ3n) is 4.63. The Bertz CT molecular complexity index is 1160. The molecule has 0 bridgehead atoms. The molecule has 0 aromatic heterocycles. The van der Waals surface area contributed by atoms with E-state index in [-0.39, 0.29) is 12.2 Å². The summed E-state index contributed by atoms with van der Waals surface area (Å²) in [7, 11) is 0. The smallest absolute Gasteiger partial charge is 0.282 e. The molecule has 1 fully saturated rings. The van der Waals surface area contributed by atoms with Crippen molar-refractivity contribution in [2.75, 3.05) is 5.01 Å². The van der Waals surface area contributed by atoms with Gasteiger partial charge in [0.15, 0.2) is 0 Å². The highest BCUT2D eigenvalue weighted by atomic mass is 16.5. The van der Waals surface area contributed by atoms with Crippen LogP contribution in [0.25, 0.3) is 6.08 Å². The largest absolute Gasteiger partial charge is 0.489 e. The van der Waals surface area contributed by atoms with Crippen LogP contribution < -0.4 is 15.2 Å². The summed E-state index contributed by atoms with van der Waals surface area (Å²) in [6, 6.07) is 25.4. The second kappa shape index (κ2) is 8.33. The van der Waals surface area contributed by atoms with Crippen molar-refractivity contribution in [3.8, 4) is 11.8 Å². The summed E-state index contributed by atoms with van der Waals surface area (Å²) in [6.45, 7) is 0.275. The summed E-state index contributed by atoms with van der Waals surface area (Å²) >= 11 is 0. The third kappa shape index (κ3) is 3.91. The molecule has 0 saturated carbocycles. The van der Waals surface area contributed by atoms with E-state index in [9.17, 15) is 9.59 Å². The molecule has 2 amide bonds. The van der Waals surface area contributed by atoms with Crippen LogP contribution in [0.3, 0.4) is 0 Å². The summed E-state index contributed by atoms with van der Waals surface area (Å²) in [4.78, 5) is 24.9. The quantitative estimate of drug-likeness (QED) is 0.529. The molecule has 6 nitrogen and oxygen atoms in total. The molecular weight excluding hydrogens is 378 g/mol. The highest BCUT2D eigenvalue weighted by Crippen LogP contribution is 2.22. The van der Waals surface area contributed by atoms with Crippen LogP contribution in [0.2, 0.25) is 0 Å². The Morgan fingerprint density at radius 2 is 1.63 bits per heavy atom. The predicted octanol–water partition coefficient (Wildman–Crippen LogP) is 3.60. The summed E-state index contributed by atoms with van der Waals surface area (Å²) in [5.41, 5.74) is 5.32. The summed E-state index contributed by atoms with van der Waals surface area (Å²) in [5.74, 6) is -0.227. The van der Waals surface area contributed by atoms with Gasteiger partial charge in [0, 0.05) is 5.56 Å². The van der Waals surface area contributed by atoms with Crippen molar-refractivity contribution in [1.82, 2.24) is 5.43 Å². The standard InChI is InChI=1S/C24H17N3O3/c25-15-18-6-4-5-7-19(18)16-30-21-12-10-17(11-13-21)14-22-23(28)26-27(24(22)29)20-8-2-1-3-9-20/h1-14H,16H2,(H,26,28). The average molecular weight is 395 g/mol. The van der Waals surface area contributed by atoms with E-state index >= 15 is 0 Å². The fourth-order valence-electron chi connectivity index (χ4n) is 3.06. The van der Waals surface area contributed by atoms with E-state index in [4.69, 9.17) is 10.00 Å². The Morgan fingerprint density at radius 1 is 0.933 bits per heavy atom. The van der Waals surface area contributed by atoms with E-state index in [0.29, 0.717) is 22.6 Å². The second-order valence-corrected chi connectivity index (χ2v) is 6.60. The molecule has 30 heavy (non-hydrogen) atoms. The minimum Gasteiger partial charge on any atom is -0.489 e. The Hall–Kier alpha value is -4.37. The van der Waals surface area contributed by atoms with Crippen LogP contribution in [0.1, 0.15) is 16.7 Å². The van der Waals surface area contributed by atoms with Gasteiger partial charge in [-0.1, -0.05) is 48.5 Å².